The van der Waals surface area contributed by atoms with Gasteiger partial charge in [-0.05, 0) is 87.3 Å². The highest BCUT2D eigenvalue weighted by molar-refractivity contribution is 6.22. The van der Waals surface area contributed by atoms with Crippen LogP contribution >= 0.6 is 0 Å². The number of fused-ring (bicyclic) bond motifs is 6. The Balaban J connectivity index is 1.22. The molecule has 234 valence electrons. The highest BCUT2D eigenvalue weighted by Crippen LogP contribution is 2.48. The van der Waals surface area contributed by atoms with E-state index in [1.807, 2.05) is 0 Å². The summed E-state index contributed by atoms with van der Waals surface area (Å²) in [6.07, 6.45) is 0. The summed E-state index contributed by atoms with van der Waals surface area (Å²) in [5.41, 5.74) is 9.45. The van der Waals surface area contributed by atoms with Crippen LogP contribution in [0.15, 0.2) is 194 Å². The van der Waals surface area contributed by atoms with E-state index >= 15 is 0 Å². The van der Waals surface area contributed by atoms with Crippen molar-refractivity contribution in [2.75, 3.05) is 4.90 Å². The molecule has 0 unspecified atom stereocenters. The van der Waals surface area contributed by atoms with E-state index in [1.54, 1.807) is 0 Å². The Morgan fingerprint density at radius 1 is 0.340 bits per heavy atom. The Bertz CT molecular complexity index is 2750. The van der Waals surface area contributed by atoms with E-state index in [4.69, 9.17) is 0 Å². The molecule has 10 rings (SSSR count). The normalized spacial score (nSPS) is 11.6. The lowest BCUT2D eigenvalue weighted by atomic mass is 9.89. The second kappa shape index (κ2) is 11.5. The molecule has 0 aliphatic carbocycles. The van der Waals surface area contributed by atoms with Crippen molar-refractivity contribution in [1.29, 1.82) is 0 Å². The second-order valence-electron chi connectivity index (χ2n) is 12.9. The summed E-state index contributed by atoms with van der Waals surface area (Å²) in [6.45, 7) is 0. The number of aromatic nitrogens is 1. The van der Waals surface area contributed by atoms with Gasteiger partial charge < -0.3 is 9.47 Å². The number of nitrogens with zero attached hydrogens (tertiary/aromatic N) is 2. The van der Waals surface area contributed by atoms with Crippen molar-refractivity contribution in [2.24, 2.45) is 0 Å². The minimum atomic E-state index is 1.11. The molecule has 2 nitrogen and oxygen atoms in total. The maximum atomic E-state index is 2.44. The van der Waals surface area contributed by atoms with Crippen molar-refractivity contribution < 1.29 is 0 Å². The van der Waals surface area contributed by atoms with Crippen molar-refractivity contribution in [3.63, 3.8) is 0 Å². The van der Waals surface area contributed by atoms with E-state index in [9.17, 15) is 0 Å². The van der Waals surface area contributed by atoms with Gasteiger partial charge in [-0.15, -0.1) is 0 Å². The Morgan fingerprint density at radius 2 is 0.820 bits per heavy atom. The number of hydrogen-bond donors (Lipinski definition) is 0. The van der Waals surface area contributed by atoms with Crippen LogP contribution in [0, 0.1) is 0 Å². The molecule has 10 aromatic rings. The standard InChI is InChI=1S/C48H32N2/c1-2-16-36(17-3-1)49(37-28-30-38(31-29-37)50-45-24-12-10-18-39(45)40-19-11-13-25-46(40)50)48-43-22-8-6-20-41(43)47(42-21-7-9-23-44(42)48)35-27-26-33-14-4-5-15-34(33)32-35/h1-32H. The summed E-state index contributed by atoms with van der Waals surface area (Å²) < 4.78 is 2.38. The Morgan fingerprint density at radius 3 is 1.44 bits per heavy atom. The van der Waals surface area contributed by atoms with Gasteiger partial charge in [0.25, 0.3) is 0 Å². The van der Waals surface area contributed by atoms with Gasteiger partial charge >= 0.3 is 0 Å². The molecule has 0 saturated carbocycles. The number of anilines is 3. The van der Waals surface area contributed by atoms with Gasteiger partial charge in [-0.25, -0.2) is 0 Å². The zero-order valence-electron chi connectivity index (χ0n) is 27.4. The third kappa shape index (κ3) is 4.43. The van der Waals surface area contributed by atoms with E-state index in [-0.39, 0.29) is 0 Å². The Hall–Kier alpha value is -6.64. The molecule has 1 heterocycles. The summed E-state index contributed by atoms with van der Waals surface area (Å²) in [4.78, 5) is 2.44. The van der Waals surface area contributed by atoms with Crippen LogP contribution in [0.5, 0.6) is 0 Å². The molecule has 0 saturated heterocycles. The zero-order chi connectivity index (χ0) is 33.0. The molecule has 1 aromatic heterocycles. The van der Waals surface area contributed by atoms with E-state index in [0.29, 0.717) is 0 Å². The van der Waals surface area contributed by atoms with Gasteiger partial charge in [-0.2, -0.15) is 0 Å². The fraction of sp³-hybridized carbons (Fsp3) is 0. The van der Waals surface area contributed by atoms with Crippen LogP contribution in [0.3, 0.4) is 0 Å². The molecule has 0 fully saturated rings. The van der Waals surface area contributed by atoms with Gasteiger partial charge in [0.15, 0.2) is 0 Å². The first-order valence-electron chi connectivity index (χ1n) is 17.2. The zero-order valence-corrected chi connectivity index (χ0v) is 27.4. The third-order valence-electron chi connectivity index (χ3n) is 10.1. The Labute approximate surface area is 290 Å². The van der Waals surface area contributed by atoms with Crippen molar-refractivity contribution in [3.8, 4) is 16.8 Å². The molecule has 0 bridgehead atoms. The van der Waals surface area contributed by atoms with Gasteiger partial charge in [-0.3, -0.25) is 0 Å². The molecule has 0 aliphatic heterocycles. The number of hydrogen-bond acceptors (Lipinski definition) is 1. The summed E-state index contributed by atoms with van der Waals surface area (Å²) in [7, 11) is 0. The molecule has 0 aliphatic rings. The molecule has 0 atom stereocenters. The van der Waals surface area contributed by atoms with Gasteiger partial charge in [0, 0.05) is 38.6 Å². The topological polar surface area (TPSA) is 8.17 Å². The van der Waals surface area contributed by atoms with Gasteiger partial charge in [0.1, 0.15) is 0 Å². The van der Waals surface area contributed by atoms with E-state index in [2.05, 4.69) is 204 Å². The summed E-state index contributed by atoms with van der Waals surface area (Å²) in [5.74, 6) is 0. The van der Waals surface area contributed by atoms with Crippen LogP contribution in [0.1, 0.15) is 0 Å². The maximum absolute atomic E-state index is 2.44. The summed E-state index contributed by atoms with van der Waals surface area (Å²) in [6, 6.07) is 70.5. The Kier molecular flexibility index (Phi) is 6.53. The van der Waals surface area contributed by atoms with Crippen LogP contribution in [-0.2, 0) is 0 Å². The first-order chi connectivity index (χ1) is 24.8. The molecule has 0 N–H and O–H groups in total. The van der Waals surface area contributed by atoms with Crippen molar-refractivity contribution in [3.05, 3.63) is 194 Å². The number of benzene rings is 9. The summed E-state index contributed by atoms with van der Waals surface area (Å²) >= 11 is 0. The van der Waals surface area contributed by atoms with Crippen LogP contribution in [0.4, 0.5) is 17.1 Å². The van der Waals surface area contributed by atoms with E-state index < -0.39 is 0 Å². The monoisotopic (exact) mass is 636 g/mol. The number of rotatable bonds is 5. The molecular weight excluding hydrogens is 605 g/mol. The highest BCUT2D eigenvalue weighted by Gasteiger charge is 2.22. The predicted molar refractivity (Wildman–Crippen MR) is 213 cm³/mol. The molecule has 0 amide bonds. The van der Waals surface area contributed by atoms with Crippen molar-refractivity contribution in [1.82, 2.24) is 4.57 Å². The van der Waals surface area contributed by atoms with E-state index in [0.717, 1.165) is 17.1 Å². The van der Waals surface area contributed by atoms with Gasteiger partial charge in [0.2, 0.25) is 0 Å². The lowest BCUT2D eigenvalue weighted by Gasteiger charge is -2.29. The molecule has 0 radical (unpaired) electrons. The molecule has 0 spiro atoms. The fourth-order valence-electron chi connectivity index (χ4n) is 7.94. The van der Waals surface area contributed by atoms with Crippen LogP contribution in [0.25, 0.3) is 70.9 Å². The molecule has 9 aromatic carbocycles. The van der Waals surface area contributed by atoms with Crippen LogP contribution < -0.4 is 4.90 Å². The van der Waals surface area contributed by atoms with E-state index in [1.165, 1.54) is 70.9 Å². The lowest BCUT2D eigenvalue weighted by molar-refractivity contribution is 1.17. The largest absolute Gasteiger partial charge is 0.309 e. The lowest BCUT2D eigenvalue weighted by Crippen LogP contribution is -2.11. The molecular formula is C48H32N2. The minimum absolute atomic E-state index is 1.11. The quantitative estimate of drug-likeness (QED) is 0.171. The second-order valence-corrected chi connectivity index (χ2v) is 12.9. The highest BCUT2D eigenvalue weighted by atomic mass is 15.1. The molecule has 50 heavy (non-hydrogen) atoms. The minimum Gasteiger partial charge on any atom is -0.309 e. The average Bonchev–Trinajstić information content (AvgIpc) is 3.53. The first-order valence-corrected chi connectivity index (χ1v) is 17.2. The van der Waals surface area contributed by atoms with Gasteiger partial charge in [-0.1, -0.05) is 140 Å². The van der Waals surface area contributed by atoms with Gasteiger partial charge in [0.05, 0.1) is 16.7 Å². The molecule has 2 heteroatoms. The van der Waals surface area contributed by atoms with Crippen LogP contribution in [-0.4, -0.2) is 4.57 Å². The van der Waals surface area contributed by atoms with Crippen molar-refractivity contribution >= 4 is 71.2 Å². The van der Waals surface area contributed by atoms with Crippen molar-refractivity contribution in [2.45, 2.75) is 0 Å². The predicted octanol–water partition coefficient (Wildman–Crippen LogP) is 13.4. The SMILES string of the molecule is c1ccc(N(c2ccc(-n3c4ccccc4c4ccccc43)cc2)c2c3ccccc3c(-c3ccc4ccccc4c3)c3ccccc23)cc1. The van der Waals surface area contributed by atoms with Crippen LogP contribution in [0.2, 0.25) is 0 Å². The summed E-state index contributed by atoms with van der Waals surface area (Å²) in [5, 5.41) is 9.93. The number of para-hydroxylation sites is 3. The smallest absolute Gasteiger partial charge is 0.0618 e. The fourth-order valence-corrected chi connectivity index (χ4v) is 7.94. The average molecular weight is 637 g/mol. The maximum Gasteiger partial charge on any atom is 0.0618 e. The first kappa shape index (κ1) is 28.4. The third-order valence-corrected chi connectivity index (χ3v) is 10.1.